The van der Waals surface area contributed by atoms with Crippen LogP contribution < -0.4 is 0 Å². The standard InChI is InChI=1S/C34H31N2S.Ir/c1-21(2)26-18-25(24-11-7-6-8-12-24)19-27(22(3)4)33(26)36-31-14-10-9-13-30(31)35-34(36)29-20-37-32-16-15-23(5)17-28(29)32;/h6-19,21-22H,1-5H3;/q-1;/i5D3;. The fraction of sp³-hybridized carbons (Fsp3) is 0.206. The molecule has 0 spiro atoms. The van der Waals surface area contributed by atoms with Gasteiger partial charge in [-0.3, -0.25) is 16.3 Å². The van der Waals surface area contributed by atoms with Crippen molar-refractivity contribution in [2.75, 3.05) is 0 Å². The SMILES string of the molecule is [2H]C([2H])([2H])c1ccc2s[c-]c(-c3nc4ccccc4n3-c3c(C(C)C)cc(-c4ccccc4)cc3C(C)C)c2c1.[Ir]. The van der Waals surface area contributed by atoms with E-state index in [1.165, 1.54) is 33.6 Å². The molecule has 0 saturated heterocycles. The van der Waals surface area contributed by atoms with Gasteiger partial charge in [0.25, 0.3) is 0 Å². The van der Waals surface area contributed by atoms with Gasteiger partial charge in [-0.15, -0.1) is 11.5 Å². The normalized spacial score (nSPS) is 13.1. The first-order chi connectivity index (χ1) is 19.1. The van der Waals surface area contributed by atoms with Crippen LogP contribution in [0.25, 0.3) is 49.3 Å². The van der Waals surface area contributed by atoms with Crippen molar-refractivity contribution in [2.45, 2.75) is 46.4 Å². The molecule has 0 aliphatic carbocycles. The first-order valence-corrected chi connectivity index (χ1v) is 13.6. The maximum atomic E-state index is 7.99. The Morgan fingerprint density at radius 1 is 0.816 bits per heavy atom. The van der Waals surface area contributed by atoms with Crippen molar-refractivity contribution in [3.63, 3.8) is 0 Å². The van der Waals surface area contributed by atoms with Crippen molar-refractivity contribution in [2.24, 2.45) is 0 Å². The van der Waals surface area contributed by atoms with Crippen molar-refractivity contribution >= 4 is 32.5 Å². The minimum atomic E-state index is -2.18. The molecule has 0 fully saturated rings. The molecular weight excluding hydrogens is 661 g/mol. The summed E-state index contributed by atoms with van der Waals surface area (Å²) in [6.07, 6.45) is 0. The van der Waals surface area contributed by atoms with E-state index in [4.69, 9.17) is 9.10 Å². The van der Waals surface area contributed by atoms with Gasteiger partial charge in [0.1, 0.15) is 0 Å². The van der Waals surface area contributed by atoms with E-state index in [1.807, 2.05) is 24.3 Å². The van der Waals surface area contributed by atoms with E-state index in [9.17, 15) is 0 Å². The average Bonchev–Trinajstić information content (AvgIpc) is 3.53. The van der Waals surface area contributed by atoms with Crippen molar-refractivity contribution in [3.8, 4) is 28.2 Å². The second-order valence-electron chi connectivity index (χ2n) is 10.2. The number of hydrogen-bond donors (Lipinski definition) is 0. The maximum Gasteiger partial charge on any atom is 0.0774 e. The molecule has 0 atom stereocenters. The summed E-state index contributed by atoms with van der Waals surface area (Å²) in [6, 6.07) is 28.8. The topological polar surface area (TPSA) is 17.8 Å². The molecule has 2 heterocycles. The molecular formula is C34H31IrN2S-. The molecule has 0 saturated carbocycles. The second kappa shape index (κ2) is 10.6. The van der Waals surface area contributed by atoms with E-state index >= 15 is 0 Å². The Hall–Kier alpha value is -3.04. The quantitative estimate of drug-likeness (QED) is 0.164. The number of thiophene rings is 1. The van der Waals surface area contributed by atoms with Crippen LogP contribution in [0.5, 0.6) is 0 Å². The van der Waals surface area contributed by atoms with Crippen molar-refractivity contribution in [1.82, 2.24) is 9.55 Å². The minimum absolute atomic E-state index is 0. The Morgan fingerprint density at radius 2 is 1.50 bits per heavy atom. The molecule has 0 unspecified atom stereocenters. The van der Waals surface area contributed by atoms with Gasteiger partial charge in [0.15, 0.2) is 0 Å². The Balaban J connectivity index is 0.00000337. The van der Waals surface area contributed by atoms with E-state index in [0.717, 1.165) is 38.2 Å². The summed E-state index contributed by atoms with van der Waals surface area (Å²) in [5.41, 5.74) is 9.12. The first kappa shape index (κ1) is 22.9. The Bertz CT molecular complexity index is 1820. The number of aryl methyl sites for hydroxylation is 1. The summed E-state index contributed by atoms with van der Waals surface area (Å²) in [5.74, 6) is 1.30. The fourth-order valence-corrected chi connectivity index (χ4v) is 6.00. The smallest absolute Gasteiger partial charge is 0.0774 e. The van der Waals surface area contributed by atoms with Crippen LogP contribution in [0.3, 0.4) is 0 Å². The third-order valence-electron chi connectivity index (χ3n) is 7.04. The molecule has 1 radical (unpaired) electrons. The zero-order valence-corrected chi connectivity index (χ0v) is 25.1. The molecule has 0 aliphatic heterocycles. The van der Waals surface area contributed by atoms with Gasteiger partial charge < -0.3 is 4.57 Å². The summed E-state index contributed by atoms with van der Waals surface area (Å²) in [6.45, 7) is 6.78. The number of benzene rings is 4. The van der Waals surface area contributed by atoms with Gasteiger partial charge in [0, 0.05) is 29.9 Å². The van der Waals surface area contributed by atoms with Gasteiger partial charge in [0.2, 0.25) is 0 Å². The van der Waals surface area contributed by atoms with E-state index in [2.05, 4.69) is 86.2 Å². The zero-order chi connectivity index (χ0) is 28.2. The van der Waals surface area contributed by atoms with Crippen LogP contribution in [0.1, 0.15) is 60.3 Å². The Morgan fingerprint density at radius 3 is 2.18 bits per heavy atom. The van der Waals surface area contributed by atoms with Gasteiger partial charge in [-0.1, -0.05) is 103 Å². The fourth-order valence-electron chi connectivity index (χ4n) is 5.18. The molecule has 0 bridgehead atoms. The largest absolute Gasteiger partial charge is 0.333 e. The molecule has 38 heavy (non-hydrogen) atoms. The van der Waals surface area contributed by atoms with Crippen LogP contribution in [-0.2, 0) is 20.1 Å². The van der Waals surface area contributed by atoms with E-state index in [1.54, 1.807) is 12.1 Å². The molecule has 2 aromatic heterocycles. The third-order valence-corrected chi connectivity index (χ3v) is 7.92. The van der Waals surface area contributed by atoms with Crippen LogP contribution in [0.4, 0.5) is 0 Å². The minimum Gasteiger partial charge on any atom is -0.333 e. The number of para-hydroxylation sites is 2. The van der Waals surface area contributed by atoms with E-state index in [0.29, 0.717) is 5.56 Å². The third kappa shape index (κ3) is 4.56. The number of rotatable bonds is 5. The number of imidazole rings is 1. The van der Waals surface area contributed by atoms with Crippen molar-refractivity contribution in [3.05, 3.63) is 107 Å². The Labute approximate surface area is 246 Å². The summed E-state index contributed by atoms with van der Waals surface area (Å²) in [7, 11) is 0. The van der Waals surface area contributed by atoms with E-state index in [-0.39, 0.29) is 31.9 Å². The predicted molar refractivity (Wildman–Crippen MR) is 159 cm³/mol. The van der Waals surface area contributed by atoms with E-state index < -0.39 is 6.85 Å². The first-order valence-electron chi connectivity index (χ1n) is 14.3. The van der Waals surface area contributed by atoms with Gasteiger partial charge in [0.05, 0.1) is 16.9 Å². The number of fused-ring (bicyclic) bond motifs is 2. The number of nitrogens with zero attached hydrogens (tertiary/aromatic N) is 2. The predicted octanol–water partition coefficient (Wildman–Crippen LogP) is 9.93. The molecule has 6 rings (SSSR count). The second-order valence-corrected chi connectivity index (χ2v) is 11.1. The average molecular weight is 695 g/mol. The molecule has 0 aliphatic rings. The monoisotopic (exact) mass is 695 g/mol. The number of hydrogen-bond acceptors (Lipinski definition) is 2. The van der Waals surface area contributed by atoms with Crippen molar-refractivity contribution < 1.29 is 24.2 Å². The Kier molecular flexibility index (Phi) is 6.40. The summed E-state index contributed by atoms with van der Waals surface area (Å²) in [5, 5.41) is 4.36. The molecule has 4 heteroatoms. The molecule has 4 aromatic carbocycles. The van der Waals surface area contributed by atoms with Crippen LogP contribution in [0, 0.1) is 12.2 Å². The summed E-state index contributed by atoms with van der Waals surface area (Å²) >= 11 is 1.50. The van der Waals surface area contributed by atoms with Crippen LogP contribution in [0.15, 0.2) is 84.9 Å². The van der Waals surface area contributed by atoms with Gasteiger partial charge in [-0.05, 0) is 65.2 Å². The van der Waals surface area contributed by atoms with Gasteiger partial charge in [-0.2, -0.15) is 0 Å². The maximum absolute atomic E-state index is 7.99. The molecule has 193 valence electrons. The van der Waals surface area contributed by atoms with Crippen LogP contribution >= 0.6 is 11.3 Å². The molecule has 6 aromatic rings. The zero-order valence-electron chi connectivity index (χ0n) is 24.9. The van der Waals surface area contributed by atoms with Gasteiger partial charge >= 0.3 is 0 Å². The van der Waals surface area contributed by atoms with Crippen LogP contribution in [-0.4, -0.2) is 9.55 Å². The number of aromatic nitrogens is 2. The summed E-state index contributed by atoms with van der Waals surface area (Å²) in [4.78, 5) is 5.15. The summed E-state index contributed by atoms with van der Waals surface area (Å²) < 4.78 is 27.2. The van der Waals surface area contributed by atoms with Crippen LogP contribution in [0.2, 0.25) is 0 Å². The van der Waals surface area contributed by atoms with Crippen molar-refractivity contribution in [1.29, 1.82) is 0 Å². The molecule has 0 N–H and O–H groups in total. The molecule has 2 nitrogen and oxygen atoms in total. The van der Waals surface area contributed by atoms with Gasteiger partial charge in [-0.25, -0.2) is 0 Å². The molecule has 0 amide bonds.